The van der Waals surface area contributed by atoms with Gasteiger partial charge >= 0.3 is 5.97 Å². The Morgan fingerprint density at radius 1 is 1.39 bits per heavy atom. The molecular weight excluding hydrogens is 248 g/mol. The molecule has 0 saturated heterocycles. The SMILES string of the molecule is Cc1cnc(SCC(=O)O)n1Cc1ccccc1. The van der Waals surface area contributed by atoms with Crippen LogP contribution < -0.4 is 0 Å². The zero-order valence-electron chi connectivity index (χ0n) is 10.0. The van der Waals surface area contributed by atoms with Crippen molar-refractivity contribution in [2.45, 2.75) is 18.6 Å². The molecule has 94 valence electrons. The standard InChI is InChI=1S/C13H14N2O2S/c1-10-7-14-13(18-9-12(16)17)15(10)8-11-5-3-2-4-6-11/h2-7H,8-9H2,1H3,(H,16,17). The molecule has 1 aromatic heterocycles. The van der Waals surface area contributed by atoms with Crippen molar-refractivity contribution in [2.75, 3.05) is 5.75 Å². The normalized spacial score (nSPS) is 10.5. The first kappa shape index (κ1) is 12.7. The van der Waals surface area contributed by atoms with E-state index in [0.717, 1.165) is 10.9 Å². The van der Waals surface area contributed by atoms with Crippen LogP contribution in [0.25, 0.3) is 0 Å². The molecule has 2 aromatic rings. The van der Waals surface area contributed by atoms with E-state index >= 15 is 0 Å². The van der Waals surface area contributed by atoms with Gasteiger partial charge < -0.3 is 9.67 Å². The topological polar surface area (TPSA) is 55.1 Å². The summed E-state index contributed by atoms with van der Waals surface area (Å²) < 4.78 is 2.03. The quantitative estimate of drug-likeness (QED) is 0.841. The summed E-state index contributed by atoms with van der Waals surface area (Å²) in [5.74, 6) is -0.794. The van der Waals surface area contributed by atoms with E-state index in [0.29, 0.717) is 6.54 Å². The lowest BCUT2D eigenvalue weighted by molar-refractivity contribution is -0.133. The lowest BCUT2D eigenvalue weighted by Gasteiger charge is -2.09. The largest absolute Gasteiger partial charge is 0.481 e. The molecular formula is C13H14N2O2S. The highest BCUT2D eigenvalue weighted by Gasteiger charge is 2.09. The number of hydrogen-bond donors (Lipinski definition) is 1. The Hall–Kier alpha value is -1.75. The summed E-state index contributed by atoms with van der Waals surface area (Å²) in [7, 11) is 0. The molecule has 4 nitrogen and oxygen atoms in total. The van der Waals surface area contributed by atoms with Crippen LogP contribution >= 0.6 is 11.8 Å². The lowest BCUT2D eigenvalue weighted by Crippen LogP contribution is -2.05. The molecule has 1 N–H and O–H groups in total. The Kier molecular flexibility index (Phi) is 4.04. The number of hydrogen-bond acceptors (Lipinski definition) is 3. The number of imidazole rings is 1. The van der Waals surface area contributed by atoms with Crippen LogP contribution in [0.3, 0.4) is 0 Å². The number of aromatic nitrogens is 2. The zero-order chi connectivity index (χ0) is 13.0. The van der Waals surface area contributed by atoms with E-state index in [1.807, 2.05) is 41.8 Å². The Morgan fingerprint density at radius 2 is 2.11 bits per heavy atom. The predicted octanol–water partition coefficient (Wildman–Crippen LogP) is 2.42. The summed E-state index contributed by atoms with van der Waals surface area (Å²) in [6, 6.07) is 10.1. The van der Waals surface area contributed by atoms with Crippen molar-refractivity contribution in [1.29, 1.82) is 0 Å². The minimum atomic E-state index is -0.827. The molecule has 0 unspecified atom stereocenters. The molecule has 2 rings (SSSR count). The van der Waals surface area contributed by atoms with Crippen molar-refractivity contribution in [3.05, 3.63) is 47.8 Å². The third kappa shape index (κ3) is 3.13. The fourth-order valence-corrected chi connectivity index (χ4v) is 2.38. The van der Waals surface area contributed by atoms with Crippen LogP contribution in [0.2, 0.25) is 0 Å². The first-order valence-electron chi connectivity index (χ1n) is 5.57. The smallest absolute Gasteiger partial charge is 0.313 e. The number of carbonyl (C=O) groups is 1. The van der Waals surface area contributed by atoms with Gasteiger partial charge in [-0.3, -0.25) is 4.79 Å². The van der Waals surface area contributed by atoms with Gasteiger partial charge in [0, 0.05) is 18.4 Å². The van der Waals surface area contributed by atoms with Gasteiger partial charge in [-0.1, -0.05) is 42.1 Å². The van der Waals surface area contributed by atoms with Crippen LogP contribution in [-0.4, -0.2) is 26.4 Å². The molecule has 0 amide bonds. The molecule has 0 fully saturated rings. The van der Waals surface area contributed by atoms with E-state index in [1.165, 1.54) is 17.3 Å². The summed E-state index contributed by atoms with van der Waals surface area (Å²) in [6.45, 7) is 2.69. The number of benzene rings is 1. The van der Waals surface area contributed by atoms with Gasteiger partial charge in [-0.25, -0.2) is 4.98 Å². The second kappa shape index (κ2) is 5.73. The highest BCUT2D eigenvalue weighted by atomic mass is 32.2. The molecule has 1 heterocycles. The maximum atomic E-state index is 10.6. The van der Waals surface area contributed by atoms with Crippen molar-refractivity contribution in [1.82, 2.24) is 9.55 Å². The third-order valence-electron chi connectivity index (χ3n) is 2.53. The summed E-state index contributed by atoms with van der Waals surface area (Å²) in [6.07, 6.45) is 1.77. The van der Waals surface area contributed by atoms with Crippen LogP contribution in [-0.2, 0) is 11.3 Å². The van der Waals surface area contributed by atoms with Crippen molar-refractivity contribution < 1.29 is 9.90 Å². The molecule has 0 aliphatic rings. The Bertz CT molecular complexity index is 537. The van der Waals surface area contributed by atoms with E-state index in [1.54, 1.807) is 6.20 Å². The van der Waals surface area contributed by atoms with Crippen molar-refractivity contribution in [3.63, 3.8) is 0 Å². The fraction of sp³-hybridized carbons (Fsp3) is 0.231. The van der Waals surface area contributed by atoms with Crippen LogP contribution in [0.1, 0.15) is 11.3 Å². The third-order valence-corrected chi connectivity index (χ3v) is 3.50. The van der Waals surface area contributed by atoms with Gasteiger partial charge in [0.05, 0.1) is 5.75 Å². The van der Waals surface area contributed by atoms with E-state index < -0.39 is 5.97 Å². The molecule has 0 radical (unpaired) electrons. The van der Waals surface area contributed by atoms with E-state index in [4.69, 9.17) is 5.11 Å². The van der Waals surface area contributed by atoms with Gasteiger partial charge in [0.25, 0.3) is 0 Å². The number of rotatable bonds is 5. The van der Waals surface area contributed by atoms with E-state index in [2.05, 4.69) is 4.98 Å². The fourth-order valence-electron chi connectivity index (χ4n) is 1.64. The highest BCUT2D eigenvalue weighted by molar-refractivity contribution is 7.99. The van der Waals surface area contributed by atoms with Gasteiger partial charge in [-0.05, 0) is 12.5 Å². The van der Waals surface area contributed by atoms with Gasteiger partial charge in [0.1, 0.15) is 0 Å². The maximum absolute atomic E-state index is 10.6. The maximum Gasteiger partial charge on any atom is 0.313 e. The van der Waals surface area contributed by atoms with Crippen molar-refractivity contribution in [3.8, 4) is 0 Å². The number of aliphatic carboxylic acids is 1. The monoisotopic (exact) mass is 262 g/mol. The first-order valence-corrected chi connectivity index (χ1v) is 6.56. The summed E-state index contributed by atoms with van der Waals surface area (Å²) >= 11 is 1.25. The minimum absolute atomic E-state index is 0.0330. The van der Waals surface area contributed by atoms with Crippen molar-refractivity contribution in [2.24, 2.45) is 0 Å². The number of aryl methyl sites for hydroxylation is 1. The number of thioether (sulfide) groups is 1. The molecule has 0 spiro atoms. The van der Waals surface area contributed by atoms with Crippen LogP contribution in [0.4, 0.5) is 0 Å². The lowest BCUT2D eigenvalue weighted by atomic mass is 10.2. The molecule has 0 saturated carbocycles. The van der Waals surface area contributed by atoms with E-state index in [-0.39, 0.29) is 5.75 Å². The molecule has 0 aliphatic heterocycles. The number of nitrogens with zero attached hydrogens (tertiary/aromatic N) is 2. The predicted molar refractivity (Wildman–Crippen MR) is 70.9 cm³/mol. The summed E-state index contributed by atoms with van der Waals surface area (Å²) in [5.41, 5.74) is 2.21. The highest BCUT2D eigenvalue weighted by Crippen LogP contribution is 2.19. The molecule has 1 aromatic carbocycles. The molecule has 0 bridgehead atoms. The number of carboxylic acids is 1. The Labute approximate surface area is 110 Å². The summed E-state index contributed by atoms with van der Waals surface area (Å²) in [4.78, 5) is 14.8. The molecule has 0 aliphatic carbocycles. The van der Waals surface area contributed by atoms with Crippen LogP contribution in [0, 0.1) is 6.92 Å². The Balaban J connectivity index is 2.16. The van der Waals surface area contributed by atoms with Gasteiger partial charge in [-0.15, -0.1) is 0 Å². The van der Waals surface area contributed by atoms with Gasteiger partial charge in [-0.2, -0.15) is 0 Å². The minimum Gasteiger partial charge on any atom is -0.481 e. The molecule has 0 atom stereocenters. The Morgan fingerprint density at radius 3 is 2.78 bits per heavy atom. The van der Waals surface area contributed by atoms with Gasteiger partial charge in [0.2, 0.25) is 0 Å². The average Bonchev–Trinajstić information content (AvgIpc) is 2.70. The summed E-state index contributed by atoms with van der Waals surface area (Å²) in [5, 5.41) is 9.45. The van der Waals surface area contributed by atoms with Gasteiger partial charge in [0.15, 0.2) is 5.16 Å². The number of carboxylic acid groups (broad SMARTS) is 1. The average molecular weight is 262 g/mol. The van der Waals surface area contributed by atoms with Crippen molar-refractivity contribution >= 4 is 17.7 Å². The van der Waals surface area contributed by atoms with E-state index in [9.17, 15) is 4.79 Å². The van der Waals surface area contributed by atoms with Crippen LogP contribution in [0.5, 0.6) is 0 Å². The molecule has 18 heavy (non-hydrogen) atoms. The molecule has 5 heteroatoms. The zero-order valence-corrected chi connectivity index (χ0v) is 10.9. The van der Waals surface area contributed by atoms with Crippen LogP contribution in [0.15, 0.2) is 41.7 Å². The second-order valence-corrected chi connectivity index (χ2v) is 4.88. The second-order valence-electron chi connectivity index (χ2n) is 3.94. The first-order chi connectivity index (χ1) is 8.66.